The lowest BCUT2D eigenvalue weighted by molar-refractivity contribution is 0.117. The van der Waals surface area contributed by atoms with E-state index in [0.717, 1.165) is 23.8 Å². The number of carbonyl (C=O) groups is 1. The fourth-order valence-corrected chi connectivity index (χ4v) is 3.63. The number of aliphatic hydroxyl groups excluding tert-OH is 1. The molecule has 1 aromatic carbocycles. The van der Waals surface area contributed by atoms with Gasteiger partial charge in [-0.2, -0.15) is 0 Å². The van der Waals surface area contributed by atoms with Gasteiger partial charge >= 0.3 is 6.03 Å². The summed E-state index contributed by atoms with van der Waals surface area (Å²) in [5, 5.41) is 16.3. The van der Waals surface area contributed by atoms with E-state index in [1.165, 1.54) is 12.1 Å². The number of nitrogens with one attached hydrogen (secondary N) is 2. The highest BCUT2D eigenvalue weighted by molar-refractivity contribution is 5.82. The molecule has 1 heterocycles. The molecule has 0 radical (unpaired) electrons. The predicted octanol–water partition coefficient (Wildman–Crippen LogP) is 4.18. The average molecular weight is 362 g/mol. The molecular weight excluding hydrogens is 335 g/mol. The highest BCUT2D eigenvalue weighted by atomic mass is 19.1. The largest absolute Gasteiger partial charge is 0.459 e. The molecule has 1 fully saturated rings. The Morgan fingerprint density at radius 2 is 1.96 bits per heavy atom. The first-order valence-corrected chi connectivity index (χ1v) is 9.28. The number of aliphatic hydroxyl groups is 1. The minimum Gasteiger partial charge on any atom is -0.459 e. The molecule has 1 aliphatic carbocycles. The van der Waals surface area contributed by atoms with Crippen molar-refractivity contribution in [3.05, 3.63) is 35.3 Å². The lowest BCUT2D eigenvalue weighted by Crippen LogP contribution is -2.46. The number of fused-ring (bicyclic) bond motifs is 1. The highest BCUT2D eigenvalue weighted by Crippen LogP contribution is 2.33. The molecule has 5 nitrogen and oxygen atoms in total. The van der Waals surface area contributed by atoms with E-state index in [9.17, 15) is 14.3 Å². The van der Waals surface area contributed by atoms with Crippen LogP contribution in [-0.2, 0) is 0 Å². The number of amides is 2. The Labute approximate surface area is 153 Å². The van der Waals surface area contributed by atoms with Gasteiger partial charge in [0.1, 0.15) is 17.2 Å². The standard InChI is InChI=1S/C20H27FN2O3/c1-11(2)18(23-20(25)22-14-5-7-15(24)8-6-14)19-12(3)16-10-13(21)4-9-17(16)26-19/h4,9-11,14-15,18,24H,5-8H2,1-3H3,(H2,22,23,25)/t14-,15-,18-/m1/s1. The summed E-state index contributed by atoms with van der Waals surface area (Å²) in [6, 6.07) is 3.98. The average Bonchev–Trinajstić information content (AvgIpc) is 2.91. The molecule has 3 N–H and O–H groups in total. The molecule has 26 heavy (non-hydrogen) atoms. The van der Waals surface area contributed by atoms with Crippen LogP contribution >= 0.6 is 0 Å². The molecule has 0 aliphatic heterocycles. The summed E-state index contributed by atoms with van der Waals surface area (Å²) in [6.45, 7) is 5.91. The molecule has 0 saturated heterocycles. The molecule has 142 valence electrons. The predicted molar refractivity (Wildman–Crippen MR) is 98.4 cm³/mol. The van der Waals surface area contributed by atoms with Gasteiger partial charge in [0.2, 0.25) is 0 Å². The van der Waals surface area contributed by atoms with E-state index in [1.807, 2.05) is 20.8 Å². The zero-order chi connectivity index (χ0) is 18.8. The van der Waals surface area contributed by atoms with E-state index in [-0.39, 0.29) is 36.0 Å². The molecule has 6 heteroatoms. The van der Waals surface area contributed by atoms with E-state index in [2.05, 4.69) is 10.6 Å². The van der Waals surface area contributed by atoms with Crippen LogP contribution in [0.15, 0.2) is 22.6 Å². The number of benzene rings is 1. The van der Waals surface area contributed by atoms with Crippen LogP contribution in [0.3, 0.4) is 0 Å². The molecule has 0 bridgehead atoms. The number of furan rings is 1. The molecule has 1 aliphatic rings. The van der Waals surface area contributed by atoms with Crippen LogP contribution in [0.25, 0.3) is 11.0 Å². The maximum atomic E-state index is 13.5. The monoisotopic (exact) mass is 362 g/mol. The van der Waals surface area contributed by atoms with Crippen LogP contribution in [0.5, 0.6) is 0 Å². The van der Waals surface area contributed by atoms with E-state index in [4.69, 9.17) is 4.42 Å². The molecule has 2 amide bonds. The fourth-order valence-electron chi connectivity index (χ4n) is 3.63. The van der Waals surface area contributed by atoms with E-state index in [0.29, 0.717) is 24.2 Å². The van der Waals surface area contributed by atoms with Gasteiger partial charge in [0.15, 0.2) is 0 Å². The first-order valence-electron chi connectivity index (χ1n) is 9.28. The Bertz CT molecular complexity index is 779. The van der Waals surface area contributed by atoms with Crippen LogP contribution in [-0.4, -0.2) is 23.3 Å². The summed E-state index contributed by atoms with van der Waals surface area (Å²) in [6.07, 6.45) is 2.74. The number of urea groups is 1. The second-order valence-corrected chi connectivity index (χ2v) is 7.58. The summed E-state index contributed by atoms with van der Waals surface area (Å²) in [7, 11) is 0. The lowest BCUT2D eigenvalue weighted by Gasteiger charge is -2.28. The van der Waals surface area contributed by atoms with Gasteiger partial charge in [-0.25, -0.2) is 9.18 Å². The summed E-state index contributed by atoms with van der Waals surface area (Å²) in [5.41, 5.74) is 1.47. The van der Waals surface area contributed by atoms with Gasteiger partial charge < -0.3 is 20.2 Å². The third-order valence-electron chi connectivity index (χ3n) is 5.20. The van der Waals surface area contributed by atoms with Crippen molar-refractivity contribution in [2.75, 3.05) is 0 Å². The smallest absolute Gasteiger partial charge is 0.315 e. The van der Waals surface area contributed by atoms with Crippen molar-refractivity contribution in [1.82, 2.24) is 10.6 Å². The fraction of sp³-hybridized carbons (Fsp3) is 0.550. The molecular formula is C20H27FN2O3. The number of aryl methyl sites for hydroxylation is 1. The zero-order valence-electron chi connectivity index (χ0n) is 15.5. The normalized spacial score (nSPS) is 21.8. The van der Waals surface area contributed by atoms with Crippen molar-refractivity contribution in [3.8, 4) is 0 Å². The molecule has 0 spiro atoms. The number of hydrogen-bond donors (Lipinski definition) is 3. The zero-order valence-corrected chi connectivity index (χ0v) is 15.5. The summed E-state index contributed by atoms with van der Waals surface area (Å²) in [4.78, 5) is 12.5. The topological polar surface area (TPSA) is 74.5 Å². The number of halogens is 1. The van der Waals surface area contributed by atoms with Gasteiger partial charge in [-0.3, -0.25) is 0 Å². The Morgan fingerprint density at radius 1 is 1.27 bits per heavy atom. The van der Waals surface area contributed by atoms with Crippen LogP contribution in [0.2, 0.25) is 0 Å². The Hall–Kier alpha value is -2.08. The highest BCUT2D eigenvalue weighted by Gasteiger charge is 2.27. The van der Waals surface area contributed by atoms with Crippen molar-refractivity contribution >= 4 is 17.0 Å². The molecule has 3 rings (SSSR count). The Balaban J connectivity index is 1.75. The molecule has 1 aromatic heterocycles. The molecule has 1 saturated carbocycles. The van der Waals surface area contributed by atoms with Gasteiger partial charge in [0.25, 0.3) is 0 Å². The van der Waals surface area contributed by atoms with E-state index in [1.54, 1.807) is 6.07 Å². The summed E-state index contributed by atoms with van der Waals surface area (Å²) < 4.78 is 19.5. The van der Waals surface area contributed by atoms with Crippen LogP contribution in [0, 0.1) is 18.7 Å². The minimum atomic E-state index is -0.306. The number of rotatable bonds is 4. The molecule has 0 unspecified atom stereocenters. The number of carbonyl (C=O) groups excluding carboxylic acids is 1. The maximum absolute atomic E-state index is 13.5. The minimum absolute atomic E-state index is 0.0806. The first kappa shape index (κ1) is 18.7. The van der Waals surface area contributed by atoms with Crippen LogP contribution in [0.1, 0.15) is 56.9 Å². The van der Waals surface area contributed by atoms with Crippen LogP contribution in [0.4, 0.5) is 9.18 Å². The SMILES string of the molecule is Cc1c([C@H](NC(=O)N[C@H]2CC[C@H](O)CC2)C(C)C)oc2ccc(F)cc12. The summed E-state index contributed by atoms with van der Waals surface area (Å²) in [5.74, 6) is 0.465. The second kappa shape index (κ2) is 7.66. The third kappa shape index (κ3) is 4.01. The van der Waals surface area contributed by atoms with Gasteiger partial charge in [-0.15, -0.1) is 0 Å². The van der Waals surface area contributed by atoms with Crippen molar-refractivity contribution < 1.29 is 18.7 Å². The first-order chi connectivity index (χ1) is 12.3. The van der Waals surface area contributed by atoms with Gasteiger partial charge in [0.05, 0.1) is 12.1 Å². The molecule has 1 atom stereocenters. The van der Waals surface area contributed by atoms with E-state index >= 15 is 0 Å². The van der Waals surface area contributed by atoms with Crippen molar-refractivity contribution in [1.29, 1.82) is 0 Å². The van der Waals surface area contributed by atoms with Gasteiger partial charge in [-0.1, -0.05) is 13.8 Å². The third-order valence-corrected chi connectivity index (χ3v) is 5.20. The maximum Gasteiger partial charge on any atom is 0.315 e. The molecule has 2 aromatic rings. The number of hydrogen-bond acceptors (Lipinski definition) is 3. The van der Waals surface area contributed by atoms with Crippen LogP contribution < -0.4 is 10.6 Å². The van der Waals surface area contributed by atoms with Crippen molar-refractivity contribution in [3.63, 3.8) is 0 Å². The quantitative estimate of drug-likeness (QED) is 0.764. The lowest BCUT2D eigenvalue weighted by atomic mass is 9.93. The Kier molecular flexibility index (Phi) is 5.51. The van der Waals surface area contributed by atoms with Gasteiger partial charge in [-0.05, 0) is 56.7 Å². The van der Waals surface area contributed by atoms with Gasteiger partial charge in [0, 0.05) is 17.0 Å². The van der Waals surface area contributed by atoms with Crippen molar-refractivity contribution in [2.45, 2.75) is 64.6 Å². The van der Waals surface area contributed by atoms with Crippen molar-refractivity contribution in [2.24, 2.45) is 5.92 Å². The Morgan fingerprint density at radius 3 is 2.62 bits per heavy atom. The van der Waals surface area contributed by atoms with E-state index < -0.39 is 0 Å². The summed E-state index contributed by atoms with van der Waals surface area (Å²) >= 11 is 0. The second-order valence-electron chi connectivity index (χ2n) is 7.58.